The predicted molar refractivity (Wildman–Crippen MR) is 151 cm³/mol. The number of allylic oxidation sites excluding steroid dienone is 1. The van der Waals surface area contributed by atoms with Crippen LogP contribution in [0.1, 0.15) is 21.5 Å². The maximum Gasteiger partial charge on any atom is 0.203 e. The Bertz CT molecular complexity index is 1310. The molecule has 9 heteroatoms. The fourth-order valence-electron chi connectivity index (χ4n) is 3.54. The second kappa shape index (κ2) is 13.1. The molecule has 1 N–H and O–H groups in total. The van der Waals surface area contributed by atoms with E-state index in [2.05, 4.69) is 21.2 Å². The van der Waals surface area contributed by atoms with Crippen molar-refractivity contribution < 1.29 is 28.5 Å². The zero-order valence-electron chi connectivity index (χ0n) is 21.1. The molecule has 7 nitrogen and oxygen atoms in total. The Morgan fingerprint density at radius 1 is 0.784 bits per heavy atom. The molecule has 0 atom stereocenters. The second-order valence-electron chi connectivity index (χ2n) is 7.57. The van der Waals surface area contributed by atoms with Crippen molar-refractivity contribution in [2.75, 3.05) is 40.9 Å². The molecule has 0 aliphatic rings. The molecule has 0 unspecified atom stereocenters. The van der Waals surface area contributed by atoms with Gasteiger partial charge in [-0.05, 0) is 69.5 Å². The molecule has 0 aromatic heterocycles. The van der Waals surface area contributed by atoms with E-state index in [4.69, 9.17) is 35.3 Å². The van der Waals surface area contributed by atoms with Crippen molar-refractivity contribution in [2.45, 2.75) is 0 Å². The van der Waals surface area contributed by atoms with Crippen LogP contribution in [0.2, 0.25) is 5.02 Å². The van der Waals surface area contributed by atoms with E-state index in [1.807, 2.05) is 36.4 Å². The number of benzene rings is 3. The molecule has 0 saturated carbocycles. The number of ether oxygens (including phenoxy) is 5. The van der Waals surface area contributed by atoms with Gasteiger partial charge in [0, 0.05) is 17.8 Å². The topological polar surface area (TPSA) is 75.3 Å². The molecule has 3 aromatic rings. The van der Waals surface area contributed by atoms with E-state index >= 15 is 0 Å². The normalized spacial score (nSPS) is 11.0. The lowest BCUT2D eigenvalue weighted by atomic mass is 10.1. The Morgan fingerprint density at radius 3 is 1.92 bits per heavy atom. The Morgan fingerprint density at radius 2 is 1.38 bits per heavy atom. The Kier molecular flexibility index (Phi) is 9.88. The van der Waals surface area contributed by atoms with Gasteiger partial charge in [-0.3, -0.25) is 4.79 Å². The maximum absolute atomic E-state index is 12.6. The summed E-state index contributed by atoms with van der Waals surface area (Å²) in [5, 5.41) is 3.50. The minimum Gasteiger partial charge on any atom is -0.495 e. The van der Waals surface area contributed by atoms with Crippen molar-refractivity contribution in [3.8, 4) is 28.7 Å². The fraction of sp³-hybridized carbons (Fsp3) is 0.179. The zero-order chi connectivity index (χ0) is 26.9. The largest absolute Gasteiger partial charge is 0.495 e. The number of nitrogens with one attached hydrogen (secondary N) is 1. The molecule has 3 rings (SSSR count). The molecule has 37 heavy (non-hydrogen) atoms. The van der Waals surface area contributed by atoms with Crippen LogP contribution in [0.5, 0.6) is 28.7 Å². The number of halogens is 2. The lowest BCUT2D eigenvalue weighted by Crippen LogP contribution is -1.99. The zero-order valence-corrected chi connectivity index (χ0v) is 23.4. The monoisotopic (exact) mass is 587 g/mol. The average molecular weight is 589 g/mol. The number of anilines is 1. The molecular weight excluding hydrogens is 562 g/mol. The summed E-state index contributed by atoms with van der Waals surface area (Å²) in [5.41, 5.74) is 2.85. The molecule has 0 saturated heterocycles. The smallest absolute Gasteiger partial charge is 0.203 e. The molecule has 0 amide bonds. The first-order valence-electron chi connectivity index (χ1n) is 11.0. The van der Waals surface area contributed by atoms with Crippen molar-refractivity contribution in [3.05, 3.63) is 80.9 Å². The number of ketones is 1. The Balaban J connectivity index is 1.84. The standard InChI is InChI=1S/C28H27BrClNO6/c1-33-24-9-8-19(16-21(24)30)23(32)10-11-31-22-13-17(12-20(29)27(22)36-4)6-7-18-14-25(34-2)28(37-5)26(15-18)35-3/h6-16,31H,1-5H3. The lowest BCUT2D eigenvalue weighted by Gasteiger charge is -2.13. The molecule has 0 fully saturated rings. The summed E-state index contributed by atoms with van der Waals surface area (Å²) < 4.78 is 27.7. The fourth-order valence-corrected chi connectivity index (χ4v) is 4.44. The van der Waals surface area contributed by atoms with Gasteiger partial charge in [0.2, 0.25) is 5.75 Å². The van der Waals surface area contributed by atoms with E-state index < -0.39 is 0 Å². The van der Waals surface area contributed by atoms with E-state index in [0.717, 1.165) is 15.6 Å². The molecule has 0 radical (unpaired) electrons. The van der Waals surface area contributed by atoms with Crippen molar-refractivity contribution >= 4 is 51.2 Å². The van der Waals surface area contributed by atoms with Crippen LogP contribution in [0.3, 0.4) is 0 Å². The number of hydrogen-bond acceptors (Lipinski definition) is 7. The van der Waals surface area contributed by atoms with Crippen molar-refractivity contribution in [1.29, 1.82) is 0 Å². The van der Waals surface area contributed by atoms with Gasteiger partial charge in [-0.15, -0.1) is 0 Å². The highest BCUT2D eigenvalue weighted by Crippen LogP contribution is 2.39. The second-order valence-corrected chi connectivity index (χ2v) is 8.83. The molecule has 0 spiro atoms. The predicted octanol–water partition coefficient (Wildman–Crippen LogP) is 7.12. The summed E-state index contributed by atoms with van der Waals surface area (Å²) in [7, 11) is 7.81. The van der Waals surface area contributed by atoms with E-state index in [9.17, 15) is 4.79 Å². The highest BCUT2D eigenvalue weighted by molar-refractivity contribution is 9.10. The third-order valence-corrected chi connectivity index (χ3v) is 6.22. The molecule has 3 aromatic carbocycles. The number of methoxy groups -OCH3 is 5. The van der Waals surface area contributed by atoms with Crippen molar-refractivity contribution in [2.24, 2.45) is 0 Å². The summed E-state index contributed by atoms with van der Waals surface area (Å²) in [6.07, 6.45) is 6.83. The molecule has 194 valence electrons. The third kappa shape index (κ3) is 6.78. The van der Waals surface area contributed by atoms with Crippen molar-refractivity contribution in [1.82, 2.24) is 0 Å². The van der Waals surface area contributed by atoms with Crippen LogP contribution in [0.25, 0.3) is 12.2 Å². The number of carbonyl (C=O) groups excluding carboxylic acids is 1. The summed E-state index contributed by atoms with van der Waals surface area (Å²) in [6, 6.07) is 12.4. The van der Waals surface area contributed by atoms with Gasteiger partial charge in [0.1, 0.15) is 5.75 Å². The molecule has 0 aliphatic carbocycles. The Hall–Kier alpha value is -3.62. The van der Waals surface area contributed by atoms with Gasteiger partial charge in [0.25, 0.3) is 0 Å². The summed E-state index contributed by atoms with van der Waals surface area (Å²) >= 11 is 9.69. The van der Waals surface area contributed by atoms with Crippen LogP contribution >= 0.6 is 27.5 Å². The maximum atomic E-state index is 12.6. The SMILES string of the molecule is COc1ccc(C(=O)C=CNc2cc(C=Cc3cc(OC)c(OC)c(OC)c3)cc(Br)c2OC)cc1Cl. The first-order valence-corrected chi connectivity index (χ1v) is 12.2. The van der Waals surface area contributed by atoms with E-state index in [1.54, 1.807) is 52.8 Å². The number of carbonyl (C=O) groups is 1. The van der Waals surface area contributed by atoms with Crippen LogP contribution in [-0.2, 0) is 0 Å². The van der Waals surface area contributed by atoms with Gasteiger partial charge in [-0.2, -0.15) is 0 Å². The summed E-state index contributed by atoms with van der Waals surface area (Å²) in [5.74, 6) is 2.54. The minimum atomic E-state index is -0.214. The van der Waals surface area contributed by atoms with E-state index in [-0.39, 0.29) is 5.78 Å². The van der Waals surface area contributed by atoms with Crippen LogP contribution in [0.4, 0.5) is 5.69 Å². The molecular formula is C28H27BrClNO6. The van der Waals surface area contributed by atoms with Gasteiger partial charge in [0.05, 0.1) is 50.7 Å². The molecule has 0 heterocycles. The quantitative estimate of drug-likeness (QED) is 0.145. The highest BCUT2D eigenvalue weighted by atomic mass is 79.9. The van der Waals surface area contributed by atoms with Gasteiger partial charge >= 0.3 is 0 Å². The average Bonchev–Trinajstić information content (AvgIpc) is 2.90. The number of hydrogen-bond donors (Lipinski definition) is 1. The Labute approximate surface area is 229 Å². The highest BCUT2D eigenvalue weighted by Gasteiger charge is 2.13. The van der Waals surface area contributed by atoms with Gasteiger partial charge in [-0.1, -0.05) is 23.8 Å². The number of rotatable bonds is 11. The van der Waals surface area contributed by atoms with Gasteiger partial charge in [-0.25, -0.2) is 0 Å². The van der Waals surface area contributed by atoms with Gasteiger partial charge < -0.3 is 29.0 Å². The first kappa shape index (κ1) is 28.0. The van der Waals surface area contributed by atoms with E-state index in [0.29, 0.717) is 45.0 Å². The van der Waals surface area contributed by atoms with Crippen LogP contribution in [0, 0.1) is 0 Å². The molecule has 0 bridgehead atoms. The minimum absolute atomic E-state index is 0.214. The molecule has 0 aliphatic heterocycles. The summed E-state index contributed by atoms with van der Waals surface area (Å²) in [4.78, 5) is 12.6. The van der Waals surface area contributed by atoms with Crippen molar-refractivity contribution in [3.63, 3.8) is 0 Å². The van der Waals surface area contributed by atoms with Crippen LogP contribution in [-0.4, -0.2) is 41.3 Å². The van der Waals surface area contributed by atoms with Crippen LogP contribution in [0.15, 0.2) is 59.2 Å². The summed E-state index contributed by atoms with van der Waals surface area (Å²) in [6.45, 7) is 0. The van der Waals surface area contributed by atoms with Gasteiger partial charge in [0.15, 0.2) is 23.0 Å². The first-order chi connectivity index (χ1) is 17.8. The van der Waals surface area contributed by atoms with Crippen LogP contribution < -0.4 is 29.0 Å². The third-order valence-electron chi connectivity index (χ3n) is 5.34. The lowest BCUT2D eigenvalue weighted by molar-refractivity contribution is 0.104. The van der Waals surface area contributed by atoms with E-state index in [1.165, 1.54) is 13.2 Å².